The lowest BCUT2D eigenvalue weighted by atomic mass is 10.1. The minimum absolute atomic E-state index is 0.115. The number of nitrogens with one attached hydrogen (secondary N) is 1. The number of methoxy groups -OCH3 is 1. The Bertz CT molecular complexity index is 1080. The maximum absolute atomic E-state index is 14.0. The van der Waals surface area contributed by atoms with Crippen molar-refractivity contribution in [3.63, 3.8) is 0 Å². The zero-order chi connectivity index (χ0) is 21.1. The smallest absolute Gasteiger partial charge is 0.293 e. The fourth-order valence-corrected chi connectivity index (χ4v) is 2.93. The number of aryl methyl sites for hydroxylation is 1. The highest BCUT2D eigenvalue weighted by atomic mass is 19.1. The summed E-state index contributed by atoms with van der Waals surface area (Å²) in [6.07, 6.45) is 3.10. The van der Waals surface area contributed by atoms with Crippen LogP contribution < -0.4 is 10.1 Å². The van der Waals surface area contributed by atoms with E-state index in [0.717, 1.165) is 0 Å². The number of carbonyl (C=O) groups is 1. The van der Waals surface area contributed by atoms with E-state index < -0.39 is 22.6 Å². The molecule has 3 rings (SSSR count). The number of nitro groups is 1. The van der Waals surface area contributed by atoms with Crippen LogP contribution in [-0.2, 0) is 7.05 Å². The monoisotopic (exact) mass is 398 g/mol. The number of rotatable bonds is 7. The van der Waals surface area contributed by atoms with E-state index in [1.165, 1.54) is 43.6 Å². The third-order valence-corrected chi connectivity index (χ3v) is 4.53. The van der Waals surface area contributed by atoms with Crippen LogP contribution in [0.15, 0.2) is 48.8 Å². The SMILES string of the molecule is COc1ccc([C@@H](C)Nc2ccc(C(=O)c3nccn3C)cc2[N+](=O)[O-])cc1F. The quantitative estimate of drug-likeness (QED) is 0.368. The van der Waals surface area contributed by atoms with Crippen LogP contribution in [0.4, 0.5) is 15.8 Å². The maximum atomic E-state index is 14.0. The Balaban J connectivity index is 1.89. The molecule has 0 radical (unpaired) electrons. The van der Waals surface area contributed by atoms with E-state index >= 15 is 0 Å². The summed E-state index contributed by atoms with van der Waals surface area (Å²) >= 11 is 0. The summed E-state index contributed by atoms with van der Waals surface area (Å²) in [6, 6.07) is 8.21. The number of halogens is 1. The molecule has 150 valence electrons. The summed E-state index contributed by atoms with van der Waals surface area (Å²) in [7, 11) is 3.04. The summed E-state index contributed by atoms with van der Waals surface area (Å²) < 4.78 is 20.4. The minimum atomic E-state index is -0.571. The van der Waals surface area contributed by atoms with Crippen LogP contribution in [0, 0.1) is 15.9 Å². The summed E-state index contributed by atoms with van der Waals surface area (Å²) in [4.78, 5) is 27.5. The lowest BCUT2D eigenvalue weighted by Crippen LogP contribution is -2.11. The zero-order valence-electron chi connectivity index (χ0n) is 16.0. The number of aromatic nitrogens is 2. The van der Waals surface area contributed by atoms with Gasteiger partial charge in [-0.3, -0.25) is 14.9 Å². The molecule has 0 spiro atoms. The summed E-state index contributed by atoms with van der Waals surface area (Å²) in [5.74, 6) is -0.646. The van der Waals surface area contributed by atoms with E-state index in [1.54, 1.807) is 30.8 Å². The topological polar surface area (TPSA) is 99.3 Å². The van der Waals surface area contributed by atoms with Gasteiger partial charge in [0.2, 0.25) is 5.78 Å². The van der Waals surface area contributed by atoms with Crippen molar-refractivity contribution in [2.45, 2.75) is 13.0 Å². The number of hydrogen-bond donors (Lipinski definition) is 1. The number of ether oxygens (including phenoxy) is 1. The Morgan fingerprint density at radius 1 is 1.31 bits per heavy atom. The van der Waals surface area contributed by atoms with Crippen LogP contribution >= 0.6 is 0 Å². The van der Waals surface area contributed by atoms with Gasteiger partial charge in [0, 0.05) is 37.1 Å². The van der Waals surface area contributed by atoms with Gasteiger partial charge in [-0.25, -0.2) is 9.37 Å². The number of nitro benzene ring substituents is 1. The Morgan fingerprint density at radius 3 is 2.66 bits per heavy atom. The first-order chi connectivity index (χ1) is 13.8. The standard InChI is InChI=1S/C20H19FN4O4/c1-12(13-5-7-18(29-3)15(21)10-13)23-16-6-4-14(11-17(16)25(27)28)19(26)20-22-8-9-24(20)2/h4-12,23H,1-3H3/t12-/m1/s1. The number of nitrogens with zero attached hydrogens (tertiary/aromatic N) is 3. The zero-order valence-corrected chi connectivity index (χ0v) is 16.0. The fraction of sp³-hybridized carbons (Fsp3) is 0.200. The van der Waals surface area contributed by atoms with Crippen molar-refractivity contribution in [1.82, 2.24) is 9.55 Å². The van der Waals surface area contributed by atoms with Crippen molar-refractivity contribution in [2.75, 3.05) is 12.4 Å². The molecule has 0 aliphatic rings. The molecule has 0 saturated heterocycles. The Kier molecular flexibility index (Phi) is 5.58. The molecule has 1 aromatic heterocycles. The third kappa shape index (κ3) is 4.08. The van der Waals surface area contributed by atoms with Crippen LogP contribution in [0.1, 0.15) is 34.7 Å². The van der Waals surface area contributed by atoms with E-state index in [9.17, 15) is 19.3 Å². The molecule has 1 heterocycles. The predicted octanol–water partition coefficient (Wildman–Crippen LogP) is 3.88. The number of imidazole rings is 1. The van der Waals surface area contributed by atoms with Crippen molar-refractivity contribution >= 4 is 17.2 Å². The largest absolute Gasteiger partial charge is 0.494 e. The fourth-order valence-electron chi connectivity index (χ4n) is 2.93. The Hall–Kier alpha value is -3.75. The molecule has 0 amide bonds. The van der Waals surface area contributed by atoms with Gasteiger partial charge in [0.25, 0.3) is 5.69 Å². The molecule has 8 nitrogen and oxygen atoms in total. The molecule has 0 fully saturated rings. The van der Waals surface area contributed by atoms with E-state index in [0.29, 0.717) is 5.56 Å². The first-order valence-corrected chi connectivity index (χ1v) is 8.72. The van der Waals surface area contributed by atoms with Gasteiger partial charge in [0.05, 0.1) is 12.0 Å². The molecule has 0 unspecified atom stereocenters. The van der Waals surface area contributed by atoms with E-state index in [4.69, 9.17) is 4.74 Å². The lowest BCUT2D eigenvalue weighted by molar-refractivity contribution is -0.384. The van der Waals surface area contributed by atoms with Gasteiger partial charge in [0.15, 0.2) is 17.4 Å². The highest BCUT2D eigenvalue weighted by molar-refractivity contribution is 6.07. The molecule has 0 saturated carbocycles. The lowest BCUT2D eigenvalue weighted by Gasteiger charge is -2.17. The molecule has 3 aromatic rings. The van der Waals surface area contributed by atoms with Crippen molar-refractivity contribution in [1.29, 1.82) is 0 Å². The highest BCUT2D eigenvalue weighted by Gasteiger charge is 2.22. The van der Waals surface area contributed by atoms with Crippen LogP contribution in [0.25, 0.3) is 0 Å². The molecular weight excluding hydrogens is 379 g/mol. The van der Waals surface area contributed by atoms with Gasteiger partial charge in [-0.1, -0.05) is 6.07 Å². The second kappa shape index (κ2) is 8.09. The molecule has 29 heavy (non-hydrogen) atoms. The summed E-state index contributed by atoms with van der Waals surface area (Å²) in [5.41, 5.74) is 0.700. The number of carbonyl (C=O) groups excluding carboxylic acids is 1. The van der Waals surface area contributed by atoms with Crippen molar-refractivity contribution in [3.05, 3.63) is 81.7 Å². The summed E-state index contributed by atoms with van der Waals surface area (Å²) in [6.45, 7) is 1.75. The molecule has 0 bridgehead atoms. The predicted molar refractivity (Wildman–Crippen MR) is 105 cm³/mol. The van der Waals surface area contributed by atoms with Crippen molar-refractivity contribution < 1.29 is 18.8 Å². The van der Waals surface area contributed by atoms with Gasteiger partial charge in [-0.05, 0) is 36.8 Å². The van der Waals surface area contributed by atoms with E-state index in [2.05, 4.69) is 10.3 Å². The summed E-state index contributed by atoms with van der Waals surface area (Å²) in [5, 5.41) is 14.6. The minimum Gasteiger partial charge on any atom is -0.494 e. The molecule has 0 aliphatic carbocycles. The van der Waals surface area contributed by atoms with Crippen LogP contribution in [0.5, 0.6) is 5.75 Å². The first kappa shape index (κ1) is 20.0. The number of ketones is 1. The molecule has 1 atom stereocenters. The molecular formula is C20H19FN4O4. The van der Waals surface area contributed by atoms with E-state index in [1.807, 2.05) is 0 Å². The van der Waals surface area contributed by atoms with Gasteiger partial charge in [-0.2, -0.15) is 0 Å². The highest BCUT2D eigenvalue weighted by Crippen LogP contribution is 2.31. The third-order valence-electron chi connectivity index (χ3n) is 4.53. The van der Waals surface area contributed by atoms with E-state index in [-0.39, 0.29) is 28.5 Å². The first-order valence-electron chi connectivity index (χ1n) is 8.72. The number of benzene rings is 2. The van der Waals surface area contributed by atoms with Crippen LogP contribution in [-0.4, -0.2) is 27.4 Å². The number of anilines is 1. The Labute approximate surface area is 166 Å². The van der Waals surface area contributed by atoms with Gasteiger partial charge in [0.1, 0.15) is 5.69 Å². The normalized spacial score (nSPS) is 11.7. The number of hydrogen-bond acceptors (Lipinski definition) is 6. The van der Waals surface area contributed by atoms with Gasteiger partial charge >= 0.3 is 0 Å². The molecule has 0 aliphatic heterocycles. The van der Waals surface area contributed by atoms with Gasteiger partial charge < -0.3 is 14.6 Å². The van der Waals surface area contributed by atoms with Crippen molar-refractivity contribution in [3.8, 4) is 5.75 Å². The average Bonchev–Trinajstić information content (AvgIpc) is 3.13. The second-order valence-electron chi connectivity index (χ2n) is 6.44. The Morgan fingerprint density at radius 2 is 2.07 bits per heavy atom. The van der Waals surface area contributed by atoms with Crippen LogP contribution in [0.3, 0.4) is 0 Å². The molecule has 2 aromatic carbocycles. The molecule has 9 heteroatoms. The van der Waals surface area contributed by atoms with Crippen molar-refractivity contribution in [2.24, 2.45) is 7.05 Å². The van der Waals surface area contributed by atoms with Gasteiger partial charge in [-0.15, -0.1) is 0 Å². The average molecular weight is 398 g/mol. The van der Waals surface area contributed by atoms with Crippen LogP contribution in [0.2, 0.25) is 0 Å². The maximum Gasteiger partial charge on any atom is 0.293 e. The second-order valence-corrected chi connectivity index (χ2v) is 6.44. The molecule has 1 N–H and O–H groups in total.